The van der Waals surface area contributed by atoms with Gasteiger partial charge in [0.25, 0.3) is 10.0 Å². The zero-order valence-corrected chi connectivity index (χ0v) is 14.6. The highest BCUT2D eigenvalue weighted by molar-refractivity contribution is 7.93. The standard InChI is InChI=1S/C15H14ClN3O2S2/c1-8-14(9-2-3-9)15(18-22-8)19-23(20,21)13-7-17-12-6-10(16)4-5-11(12)13/h4-7,9,17H,2-3H2,1H3,(H,18,19). The first-order valence-corrected chi connectivity index (χ1v) is 9.85. The average Bonchev–Trinajstić information content (AvgIpc) is 3.12. The van der Waals surface area contributed by atoms with E-state index in [1.807, 2.05) is 6.92 Å². The molecule has 0 aliphatic heterocycles. The summed E-state index contributed by atoms with van der Waals surface area (Å²) in [6, 6.07) is 5.09. The van der Waals surface area contributed by atoms with Crippen molar-refractivity contribution in [2.24, 2.45) is 0 Å². The lowest BCUT2D eigenvalue weighted by molar-refractivity contribution is 0.602. The minimum Gasteiger partial charge on any atom is -0.360 e. The van der Waals surface area contributed by atoms with Crippen molar-refractivity contribution < 1.29 is 8.42 Å². The van der Waals surface area contributed by atoms with E-state index in [1.165, 1.54) is 17.7 Å². The lowest BCUT2D eigenvalue weighted by atomic mass is 10.2. The van der Waals surface area contributed by atoms with Crippen LogP contribution in [0, 0.1) is 6.92 Å². The van der Waals surface area contributed by atoms with Crippen LogP contribution in [0.5, 0.6) is 0 Å². The second-order valence-corrected chi connectivity index (χ2v) is 8.79. The summed E-state index contributed by atoms with van der Waals surface area (Å²) in [6.45, 7) is 1.98. The molecule has 2 heterocycles. The Morgan fingerprint density at radius 1 is 1.39 bits per heavy atom. The van der Waals surface area contributed by atoms with Crippen LogP contribution in [0.15, 0.2) is 29.3 Å². The van der Waals surface area contributed by atoms with Gasteiger partial charge in [0.1, 0.15) is 4.90 Å². The molecule has 0 saturated heterocycles. The third-order valence-electron chi connectivity index (χ3n) is 4.02. The molecule has 0 radical (unpaired) electrons. The molecule has 0 amide bonds. The van der Waals surface area contributed by atoms with Gasteiger partial charge in [0, 0.05) is 32.6 Å². The maximum atomic E-state index is 12.8. The molecule has 120 valence electrons. The van der Waals surface area contributed by atoms with Crippen LogP contribution in [0.1, 0.15) is 29.2 Å². The number of halogens is 1. The van der Waals surface area contributed by atoms with Crippen LogP contribution >= 0.6 is 23.1 Å². The quantitative estimate of drug-likeness (QED) is 0.723. The summed E-state index contributed by atoms with van der Waals surface area (Å²) in [5, 5.41) is 1.17. The average molecular weight is 368 g/mol. The number of hydrogen-bond donors (Lipinski definition) is 2. The molecule has 3 aromatic rings. The zero-order chi connectivity index (χ0) is 16.2. The van der Waals surface area contributed by atoms with Gasteiger partial charge in [-0.2, -0.15) is 4.37 Å². The van der Waals surface area contributed by atoms with E-state index in [0.717, 1.165) is 23.3 Å². The molecule has 0 bridgehead atoms. The van der Waals surface area contributed by atoms with Gasteiger partial charge in [-0.3, -0.25) is 4.72 Å². The molecule has 8 heteroatoms. The molecule has 2 aromatic heterocycles. The number of benzene rings is 1. The van der Waals surface area contributed by atoms with E-state index in [4.69, 9.17) is 11.6 Å². The van der Waals surface area contributed by atoms with E-state index >= 15 is 0 Å². The molecular formula is C15H14ClN3O2S2. The number of nitrogens with zero attached hydrogens (tertiary/aromatic N) is 1. The molecule has 23 heavy (non-hydrogen) atoms. The van der Waals surface area contributed by atoms with E-state index < -0.39 is 10.0 Å². The van der Waals surface area contributed by atoms with Gasteiger partial charge in [-0.25, -0.2) is 8.42 Å². The van der Waals surface area contributed by atoms with Crippen LogP contribution in [0.3, 0.4) is 0 Å². The fourth-order valence-corrected chi connectivity index (χ4v) is 4.95. The monoisotopic (exact) mass is 367 g/mol. The first-order chi connectivity index (χ1) is 11.0. The Kier molecular flexibility index (Phi) is 3.40. The van der Waals surface area contributed by atoms with Crippen LogP contribution in [0.2, 0.25) is 5.02 Å². The van der Waals surface area contributed by atoms with Crippen molar-refractivity contribution in [1.82, 2.24) is 9.36 Å². The number of sulfonamides is 1. The number of hydrogen-bond acceptors (Lipinski definition) is 4. The van der Waals surface area contributed by atoms with E-state index in [2.05, 4.69) is 14.1 Å². The smallest absolute Gasteiger partial charge is 0.265 e. The molecule has 1 saturated carbocycles. The maximum Gasteiger partial charge on any atom is 0.265 e. The summed E-state index contributed by atoms with van der Waals surface area (Å²) in [7, 11) is -3.70. The molecule has 1 aromatic carbocycles. The molecule has 5 nitrogen and oxygen atoms in total. The van der Waals surface area contributed by atoms with Crippen molar-refractivity contribution in [1.29, 1.82) is 0 Å². The minimum atomic E-state index is -3.70. The molecule has 0 atom stereocenters. The van der Waals surface area contributed by atoms with Gasteiger partial charge in [-0.1, -0.05) is 11.6 Å². The number of nitrogens with one attached hydrogen (secondary N) is 2. The van der Waals surface area contributed by atoms with Gasteiger partial charge in [0.05, 0.1) is 0 Å². The van der Waals surface area contributed by atoms with Gasteiger partial charge in [0.2, 0.25) is 0 Å². The van der Waals surface area contributed by atoms with Crippen molar-refractivity contribution in [2.75, 3.05) is 4.72 Å². The molecular weight excluding hydrogens is 354 g/mol. The highest BCUT2D eigenvalue weighted by atomic mass is 35.5. The van der Waals surface area contributed by atoms with Gasteiger partial charge in [-0.05, 0) is 55.4 Å². The highest BCUT2D eigenvalue weighted by Gasteiger charge is 2.32. The predicted molar refractivity (Wildman–Crippen MR) is 92.9 cm³/mol. The van der Waals surface area contributed by atoms with E-state index in [0.29, 0.717) is 27.7 Å². The fraction of sp³-hybridized carbons (Fsp3) is 0.267. The SMILES string of the molecule is Cc1snc(NS(=O)(=O)c2c[nH]c3cc(Cl)ccc23)c1C1CC1. The van der Waals surface area contributed by atoms with E-state index in [9.17, 15) is 8.42 Å². The van der Waals surface area contributed by atoms with Crippen molar-refractivity contribution in [3.8, 4) is 0 Å². The minimum absolute atomic E-state index is 0.205. The lowest BCUT2D eigenvalue weighted by Crippen LogP contribution is -2.14. The Balaban J connectivity index is 1.75. The summed E-state index contributed by atoms with van der Waals surface area (Å²) in [6.07, 6.45) is 3.68. The predicted octanol–water partition coefficient (Wildman–Crippen LogP) is 4.26. The van der Waals surface area contributed by atoms with E-state index in [-0.39, 0.29) is 4.90 Å². The van der Waals surface area contributed by atoms with Crippen LogP contribution in [-0.2, 0) is 10.0 Å². The van der Waals surface area contributed by atoms with Crippen molar-refractivity contribution in [3.05, 3.63) is 39.9 Å². The lowest BCUT2D eigenvalue weighted by Gasteiger charge is -2.07. The number of aryl methyl sites for hydroxylation is 1. The number of rotatable bonds is 4. The van der Waals surface area contributed by atoms with Gasteiger partial charge in [0.15, 0.2) is 5.82 Å². The summed E-state index contributed by atoms with van der Waals surface area (Å²) in [5.41, 5.74) is 1.73. The Morgan fingerprint density at radius 2 is 2.17 bits per heavy atom. The van der Waals surface area contributed by atoms with Crippen molar-refractivity contribution in [2.45, 2.75) is 30.6 Å². The number of fused-ring (bicyclic) bond motifs is 1. The van der Waals surface area contributed by atoms with Gasteiger partial charge in [-0.15, -0.1) is 0 Å². The summed E-state index contributed by atoms with van der Waals surface area (Å²) >= 11 is 7.28. The Bertz CT molecular complexity index is 1000. The number of H-pyrrole nitrogens is 1. The third-order valence-corrected chi connectivity index (χ3v) is 6.40. The van der Waals surface area contributed by atoms with E-state index in [1.54, 1.807) is 18.2 Å². The van der Waals surface area contributed by atoms with Crippen LogP contribution in [-0.4, -0.2) is 17.8 Å². The number of anilines is 1. The summed E-state index contributed by atoms with van der Waals surface area (Å²) in [5.74, 6) is 0.909. The highest BCUT2D eigenvalue weighted by Crippen LogP contribution is 2.46. The first-order valence-electron chi connectivity index (χ1n) is 7.21. The normalized spacial score (nSPS) is 15.2. The van der Waals surface area contributed by atoms with Gasteiger partial charge >= 0.3 is 0 Å². The van der Waals surface area contributed by atoms with Crippen LogP contribution in [0.25, 0.3) is 10.9 Å². The molecule has 0 unspecified atom stereocenters. The largest absolute Gasteiger partial charge is 0.360 e. The van der Waals surface area contributed by atoms with Gasteiger partial charge < -0.3 is 4.98 Å². The Hall–Kier alpha value is -1.57. The maximum absolute atomic E-state index is 12.8. The fourth-order valence-electron chi connectivity index (χ4n) is 2.78. The molecule has 1 aliphatic carbocycles. The Morgan fingerprint density at radius 3 is 2.91 bits per heavy atom. The van der Waals surface area contributed by atoms with Crippen molar-refractivity contribution in [3.63, 3.8) is 0 Å². The molecule has 1 fully saturated rings. The molecule has 4 rings (SSSR count). The number of aromatic nitrogens is 2. The zero-order valence-electron chi connectivity index (χ0n) is 12.3. The van der Waals surface area contributed by atoms with Crippen LogP contribution in [0.4, 0.5) is 5.82 Å². The van der Waals surface area contributed by atoms with Crippen molar-refractivity contribution >= 4 is 49.9 Å². The molecule has 0 spiro atoms. The first kappa shape index (κ1) is 15.0. The van der Waals surface area contributed by atoms with Crippen LogP contribution < -0.4 is 4.72 Å². The second-order valence-electron chi connectivity index (χ2n) is 5.72. The number of aromatic amines is 1. The summed E-state index contributed by atoms with van der Waals surface area (Å²) < 4.78 is 32.5. The Labute approximate surface area is 142 Å². The molecule has 2 N–H and O–H groups in total. The topological polar surface area (TPSA) is 74.8 Å². The second kappa shape index (κ2) is 5.22. The summed E-state index contributed by atoms with van der Waals surface area (Å²) in [4.78, 5) is 4.24. The molecule has 1 aliphatic rings. The third kappa shape index (κ3) is 2.62.